The van der Waals surface area contributed by atoms with Gasteiger partial charge in [0.15, 0.2) is 0 Å². The van der Waals surface area contributed by atoms with Crippen molar-refractivity contribution in [1.29, 1.82) is 0 Å². The molecule has 1 aromatic rings. The maximum atomic E-state index is 12.0. The fourth-order valence-electron chi connectivity index (χ4n) is 1.80. The van der Waals surface area contributed by atoms with Crippen LogP contribution in [0.3, 0.4) is 0 Å². The highest BCUT2D eigenvalue weighted by atomic mass is 35.5. The van der Waals surface area contributed by atoms with Crippen LogP contribution in [-0.4, -0.2) is 23.4 Å². The van der Waals surface area contributed by atoms with Crippen LogP contribution in [-0.2, 0) is 0 Å². The largest absolute Gasteiger partial charge is 0.507 e. The monoisotopic (exact) mass is 303 g/mol. The van der Waals surface area contributed by atoms with Crippen molar-refractivity contribution in [2.45, 2.75) is 26.7 Å². The topological polar surface area (TPSA) is 49.3 Å². The molecule has 5 heteroatoms. The molecule has 0 aliphatic heterocycles. The van der Waals surface area contributed by atoms with E-state index in [1.807, 2.05) is 0 Å². The lowest BCUT2D eigenvalue weighted by Crippen LogP contribution is -2.38. The van der Waals surface area contributed by atoms with E-state index < -0.39 is 0 Å². The summed E-state index contributed by atoms with van der Waals surface area (Å²) in [7, 11) is 0. The van der Waals surface area contributed by atoms with Crippen LogP contribution >= 0.6 is 23.2 Å². The summed E-state index contributed by atoms with van der Waals surface area (Å²) in [5, 5.41) is 12.9. The van der Waals surface area contributed by atoms with Crippen LogP contribution in [0.2, 0.25) is 5.02 Å². The number of amides is 1. The van der Waals surface area contributed by atoms with Crippen molar-refractivity contribution in [1.82, 2.24) is 5.32 Å². The molecule has 1 amide bonds. The Morgan fingerprint density at radius 3 is 2.47 bits per heavy atom. The van der Waals surface area contributed by atoms with Gasteiger partial charge in [-0.3, -0.25) is 4.79 Å². The summed E-state index contributed by atoms with van der Waals surface area (Å²) in [6.45, 7) is 4.60. The van der Waals surface area contributed by atoms with Gasteiger partial charge < -0.3 is 10.4 Å². The first-order chi connectivity index (χ1) is 8.98. The lowest BCUT2D eigenvalue weighted by Gasteiger charge is -2.29. The van der Waals surface area contributed by atoms with Crippen molar-refractivity contribution in [3.63, 3.8) is 0 Å². The highest BCUT2D eigenvalue weighted by Crippen LogP contribution is 2.27. The number of carbonyl (C=O) groups is 1. The molecule has 19 heavy (non-hydrogen) atoms. The van der Waals surface area contributed by atoms with Gasteiger partial charge in [0, 0.05) is 22.9 Å². The first-order valence-electron chi connectivity index (χ1n) is 6.30. The molecule has 0 fully saturated rings. The van der Waals surface area contributed by atoms with Crippen LogP contribution < -0.4 is 5.32 Å². The van der Waals surface area contributed by atoms with E-state index in [1.54, 1.807) is 6.07 Å². The number of phenols is 1. The van der Waals surface area contributed by atoms with E-state index in [2.05, 4.69) is 19.2 Å². The first kappa shape index (κ1) is 16.1. The molecule has 0 atom stereocenters. The summed E-state index contributed by atoms with van der Waals surface area (Å²) in [4.78, 5) is 12.0. The van der Waals surface area contributed by atoms with Crippen molar-refractivity contribution >= 4 is 29.1 Å². The van der Waals surface area contributed by atoms with Gasteiger partial charge in [0.05, 0.1) is 5.56 Å². The summed E-state index contributed by atoms with van der Waals surface area (Å²) in [5.41, 5.74) is 0.124. The van der Waals surface area contributed by atoms with Gasteiger partial charge in [0.1, 0.15) is 5.75 Å². The van der Waals surface area contributed by atoms with E-state index >= 15 is 0 Å². The summed E-state index contributed by atoms with van der Waals surface area (Å²) in [6, 6.07) is 4.43. The van der Waals surface area contributed by atoms with Crippen molar-refractivity contribution in [2.24, 2.45) is 5.41 Å². The van der Waals surface area contributed by atoms with Gasteiger partial charge >= 0.3 is 0 Å². The number of phenolic OH excluding ortho intramolecular Hbond substituents is 1. The van der Waals surface area contributed by atoms with E-state index in [4.69, 9.17) is 23.2 Å². The number of hydrogen-bond donors (Lipinski definition) is 2. The molecule has 1 rings (SSSR count). The van der Waals surface area contributed by atoms with E-state index in [0.29, 0.717) is 17.4 Å². The number of aromatic hydroxyl groups is 1. The molecule has 0 saturated heterocycles. The molecule has 0 bridgehead atoms. The minimum atomic E-state index is -0.314. The number of benzene rings is 1. The molecule has 106 valence electrons. The molecule has 2 N–H and O–H groups in total. The predicted molar refractivity (Wildman–Crippen MR) is 79.2 cm³/mol. The number of carbonyl (C=O) groups excluding carboxylic acids is 1. The van der Waals surface area contributed by atoms with Crippen LogP contribution in [0.25, 0.3) is 0 Å². The lowest BCUT2D eigenvalue weighted by molar-refractivity contribution is 0.0929. The van der Waals surface area contributed by atoms with Crippen molar-refractivity contribution in [2.75, 3.05) is 12.4 Å². The third-order valence-electron chi connectivity index (χ3n) is 3.61. The molecule has 1 aromatic carbocycles. The predicted octanol–water partition coefficient (Wildman–Crippen LogP) is 3.82. The van der Waals surface area contributed by atoms with Gasteiger partial charge in [0.25, 0.3) is 5.91 Å². The van der Waals surface area contributed by atoms with Crippen LogP contribution in [0.15, 0.2) is 18.2 Å². The summed E-state index contributed by atoms with van der Waals surface area (Å²) >= 11 is 11.7. The lowest BCUT2D eigenvalue weighted by atomic mass is 9.84. The van der Waals surface area contributed by atoms with Gasteiger partial charge in [0.2, 0.25) is 0 Å². The van der Waals surface area contributed by atoms with Crippen molar-refractivity contribution < 1.29 is 9.90 Å². The number of hydrogen-bond acceptors (Lipinski definition) is 2. The SMILES string of the molecule is CCC(CC)(CCl)CNC(=O)c1ccc(Cl)cc1O. The Morgan fingerprint density at radius 1 is 1.37 bits per heavy atom. The number of nitrogens with one attached hydrogen (secondary N) is 1. The van der Waals surface area contributed by atoms with Crippen LogP contribution in [0, 0.1) is 5.41 Å². The Morgan fingerprint density at radius 2 is 2.00 bits per heavy atom. The first-order valence-corrected chi connectivity index (χ1v) is 7.22. The zero-order valence-electron chi connectivity index (χ0n) is 11.2. The van der Waals surface area contributed by atoms with Crippen LogP contribution in [0.5, 0.6) is 5.75 Å². The molecule has 0 saturated carbocycles. The van der Waals surface area contributed by atoms with Crippen LogP contribution in [0.4, 0.5) is 0 Å². The highest BCUT2D eigenvalue weighted by Gasteiger charge is 2.26. The Bertz CT molecular complexity index is 437. The molecule has 0 unspecified atom stereocenters. The molecular formula is C14H19Cl2NO2. The molecular weight excluding hydrogens is 285 g/mol. The third-order valence-corrected chi connectivity index (χ3v) is 4.41. The minimum absolute atomic E-state index is 0.0980. The molecule has 3 nitrogen and oxygen atoms in total. The van der Waals surface area contributed by atoms with Crippen LogP contribution in [0.1, 0.15) is 37.0 Å². The maximum Gasteiger partial charge on any atom is 0.255 e. The number of alkyl halides is 1. The molecule has 0 spiro atoms. The summed E-state index contributed by atoms with van der Waals surface area (Å²) in [5.74, 6) is 0.0624. The summed E-state index contributed by atoms with van der Waals surface area (Å²) in [6.07, 6.45) is 1.78. The average molecular weight is 304 g/mol. The normalized spacial score (nSPS) is 11.4. The Hall–Kier alpha value is -0.930. The Labute approximate surface area is 123 Å². The van der Waals surface area contributed by atoms with Gasteiger partial charge in [-0.2, -0.15) is 0 Å². The molecule has 0 aromatic heterocycles. The van der Waals surface area contributed by atoms with Crippen molar-refractivity contribution in [3.05, 3.63) is 28.8 Å². The minimum Gasteiger partial charge on any atom is -0.507 e. The smallest absolute Gasteiger partial charge is 0.255 e. The van der Waals surface area contributed by atoms with Crippen molar-refractivity contribution in [3.8, 4) is 5.75 Å². The van der Waals surface area contributed by atoms with E-state index in [1.165, 1.54) is 12.1 Å². The fraction of sp³-hybridized carbons (Fsp3) is 0.500. The number of rotatable bonds is 6. The number of halogens is 2. The third kappa shape index (κ3) is 4.02. The fourth-order valence-corrected chi connectivity index (χ4v) is 2.43. The van der Waals surface area contributed by atoms with E-state index in [-0.39, 0.29) is 22.6 Å². The van der Waals surface area contributed by atoms with E-state index in [9.17, 15) is 9.90 Å². The molecule has 0 aliphatic carbocycles. The Balaban J connectivity index is 2.75. The second kappa shape index (κ2) is 7.01. The van der Waals surface area contributed by atoms with Gasteiger partial charge in [-0.05, 0) is 31.0 Å². The zero-order chi connectivity index (χ0) is 14.5. The summed E-state index contributed by atoms with van der Waals surface area (Å²) < 4.78 is 0. The zero-order valence-corrected chi connectivity index (χ0v) is 12.7. The molecule has 0 heterocycles. The van der Waals surface area contributed by atoms with Gasteiger partial charge in [-0.25, -0.2) is 0 Å². The standard InChI is InChI=1S/C14H19Cl2NO2/c1-3-14(4-2,8-15)9-17-13(19)11-6-5-10(16)7-12(11)18/h5-7,18H,3-4,8-9H2,1-2H3,(H,17,19). The van der Waals surface area contributed by atoms with E-state index in [0.717, 1.165) is 12.8 Å². The molecule has 0 radical (unpaired) electrons. The quantitative estimate of drug-likeness (QED) is 0.785. The Kier molecular flexibility index (Phi) is 5.95. The van der Waals surface area contributed by atoms with Gasteiger partial charge in [-0.15, -0.1) is 11.6 Å². The maximum absolute atomic E-state index is 12.0. The van der Waals surface area contributed by atoms with Gasteiger partial charge in [-0.1, -0.05) is 25.4 Å². The average Bonchev–Trinajstić information content (AvgIpc) is 2.40. The highest BCUT2D eigenvalue weighted by molar-refractivity contribution is 6.30. The molecule has 0 aliphatic rings. The second-order valence-corrected chi connectivity index (χ2v) is 5.39. The second-order valence-electron chi connectivity index (χ2n) is 4.68.